The number of hydrogen-bond donors (Lipinski definition) is 3. The minimum absolute atomic E-state index is 0.128. The average Bonchev–Trinajstić information content (AvgIpc) is 2.27. The monoisotopic (exact) mass is 318 g/mol. The van der Waals surface area contributed by atoms with E-state index in [9.17, 15) is 14.7 Å². The second kappa shape index (κ2) is 6.18. The van der Waals surface area contributed by atoms with Crippen LogP contribution in [0.5, 0.6) is 0 Å². The number of thiol groups is 1. The van der Waals surface area contributed by atoms with Gasteiger partial charge in [0.05, 0.1) is 0 Å². The molecule has 0 saturated heterocycles. The van der Waals surface area contributed by atoms with Crippen LogP contribution in [-0.4, -0.2) is 27.3 Å². The second-order valence-electron chi connectivity index (χ2n) is 3.42. The number of carboxylic acid groups (broad SMARTS) is 1. The van der Waals surface area contributed by atoms with Crippen molar-refractivity contribution < 1.29 is 19.8 Å². The van der Waals surface area contributed by atoms with Gasteiger partial charge in [-0.05, 0) is 23.8 Å². The third kappa shape index (κ3) is 3.83. The highest BCUT2D eigenvalue weighted by atomic mass is 79.9. The summed E-state index contributed by atoms with van der Waals surface area (Å²) in [5.74, 6) is -1.49. The maximum absolute atomic E-state index is 11.6. The number of carbonyl (C=O) groups is 2. The Kier molecular flexibility index (Phi) is 5.17. The molecule has 0 aliphatic rings. The zero-order valence-corrected chi connectivity index (χ0v) is 11.2. The Bertz CT molecular complexity index is 447. The summed E-state index contributed by atoms with van der Waals surface area (Å²) in [6, 6.07) is 4.35. The van der Waals surface area contributed by atoms with Crippen molar-refractivity contribution in [2.24, 2.45) is 0 Å². The second-order valence-corrected chi connectivity index (χ2v) is 4.73. The number of hydrogen-bond acceptors (Lipinski definition) is 4. The van der Waals surface area contributed by atoms with Gasteiger partial charge in [-0.1, -0.05) is 15.9 Å². The van der Waals surface area contributed by atoms with Crippen molar-refractivity contribution in [3.05, 3.63) is 29.3 Å². The summed E-state index contributed by atoms with van der Waals surface area (Å²) in [6.45, 7) is 0. The molecule has 1 unspecified atom stereocenters. The molecule has 0 spiro atoms. The summed E-state index contributed by atoms with van der Waals surface area (Å²) < 4.78 is 0. The van der Waals surface area contributed by atoms with Gasteiger partial charge in [-0.3, -0.25) is 4.79 Å². The van der Waals surface area contributed by atoms with E-state index in [0.717, 1.165) is 0 Å². The maximum atomic E-state index is 11.6. The van der Waals surface area contributed by atoms with Crippen LogP contribution in [-0.2, 0) is 4.79 Å². The molecule has 0 bridgehead atoms. The summed E-state index contributed by atoms with van der Waals surface area (Å²) >= 11 is 7.23. The van der Waals surface area contributed by atoms with Crippen LogP contribution in [0.1, 0.15) is 28.4 Å². The molecule has 2 N–H and O–H groups in total. The Morgan fingerprint density at radius 1 is 1.35 bits per heavy atom. The molecule has 0 aliphatic heterocycles. The minimum atomic E-state index is -1.64. The predicted octanol–water partition coefficient (Wildman–Crippen LogP) is 2.06. The lowest BCUT2D eigenvalue weighted by atomic mass is 10.0. The van der Waals surface area contributed by atoms with Crippen LogP contribution in [0.4, 0.5) is 0 Å². The van der Waals surface area contributed by atoms with Gasteiger partial charge < -0.3 is 10.2 Å². The van der Waals surface area contributed by atoms with Crippen LogP contribution in [0.2, 0.25) is 0 Å². The highest BCUT2D eigenvalue weighted by Crippen LogP contribution is 2.21. The summed E-state index contributed by atoms with van der Waals surface area (Å²) in [4.78, 5) is 22.7. The van der Waals surface area contributed by atoms with Crippen molar-refractivity contribution in [2.75, 3.05) is 5.33 Å². The van der Waals surface area contributed by atoms with Gasteiger partial charge in [0.1, 0.15) is 0 Å². The standard InChI is InChI=1S/C11H11BrO4S/c12-2-1-9(13)6-3-7(5-8(17)4-6)10(14)11(15)16/h3-5,10,14,17H,1-2H2,(H,15,16). The molecule has 1 aromatic carbocycles. The molecule has 4 nitrogen and oxygen atoms in total. The molecule has 0 heterocycles. The Balaban J connectivity index is 3.10. The number of aliphatic carboxylic acids is 1. The molecule has 17 heavy (non-hydrogen) atoms. The number of halogens is 1. The quantitative estimate of drug-likeness (QED) is 0.441. The fourth-order valence-electron chi connectivity index (χ4n) is 1.33. The van der Waals surface area contributed by atoms with Crippen molar-refractivity contribution in [3.8, 4) is 0 Å². The number of carbonyl (C=O) groups excluding carboxylic acids is 1. The van der Waals surface area contributed by atoms with E-state index in [0.29, 0.717) is 22.2 Å². The molecule has 1 aromatic rings. The lowest BCUT2D eigenvalue weighted by Gasteiger charge is -2.09. The van der Waals surface area contributed by atoms with Crippen LogP contribution >= 0.6 is 28.6 Å². The molecule has 1 rings (SSSR count). The molecule has 0 aromatic heterocycles. The number of ketones is 1. The van der Waals surface area contributed by atoms with Crippen molar-refractivity contribution in [3.63, 3.8) is 0 Å². The highest BCUT2D eigenvalue weighted by Gasteiger charge is 2.18. The Labute approximate surface area is 112 Å². The van der Waals surface area contributed by atoms with Gasteiger partial charge in [-0.15, -0.1) is 12.6 Å². The van der Waals surface area contributed by atoms with Crippen LogP contribution in [0, 0.1) is 0 Å². The molecule has 0 amide bonds. The van der Waals surface area contributed by atoms with E-state index in [1.54, 1.807) is 6.07 Å². The predicted molar refractivity (Wildman–Crippen MR) is 69.0 cm³/mol. The molecular formula is C11H11BrO4S. The topological polar surface area (TPSA) is 74.6 Å². The summed E-state index contributed by atoms with van der Waals surface area (Å²) in [5, 5.41) is 18.6. The van der Waals surface area contributed by atoms with Gasteiger partial charge in [0.25, 0.3) is 0 Å². The smallest absolute Gasteiger partial charge is 0.337 e. The first-order chi connectivity index (χ1) is 7.95. The van der Waals surface area contributed by atoms with Crippen molar-refractivity contribution in [1.82, 2.24) is 0 Å². The zero-order chi connectivity index (χ0) is 13.0. The fraction of sp³-hybridized carbons (Fsp3) is 0.273. The van der Waals surface area contributed by atoms with Crippen molar-refractivity contribution in [2.45, 2.75) is 17.4 Å². The number of carboxylic acids is 1. The van der Waals surface area contributed by atoms with E-state index < -0.39 is 12.1 Å². The normalized spacial score (nSPS) is 12.2. The number of aliphatic hydroxyl groups excluding tert-OH is 1. The van der Waals surface area contributed by atoms with Gasteiger partial charge in [0, 0.05) is 22.2 Å². The van der Waals surface area contributed by atoms with Crippen molar-refractivity contribution >= 4 is 40.3 Å². The third-order valence-corrected chi connectivity index (χ3v) is 2.79. The molecule has 0 saturated carbocycles. The number of aliphatic hydroxyl groups is 1. The van der Waals surface area contributed by atoms with Gasteiger partial charge in [-0.2, -0.15) is 0 Å². The highest BCUT2D eigenvalue weighted by molar-refractivity contribution is 9.09. The fourth-order valence-corrected chi connectivity index (χ4v) is 1.97. The minimum Gasteiger partial charge on any atom is -0.479 e. The maximum Gasteiger partial charge on any atom is 0.337 e. The van der Waals surface area contributed by atoms with E-state index in [-0.39, 0.29) is 11.3 Å². The van der Waals surface area contributed by atoms with Gasteiger partial charge in [-0.25, -0.2) is 4.79 Å². The lowest BCUT2D eigenvalue weighted by Crippen LogP contribution is -2.11. The first-order valence-corrected chi connectivity index (χ1v) is 6.36. The molecule has 0 radical (unpaired) electrons. The third-order valence-electron chi connectivity index (χ3n) is 2.13. The van der Waals surface area contributed by atoms with E-state index in [2.05, 4.69) is 28.6 Å². The van der Waals surface area contributed by atoms with Crippen molar-refractivity contribution in [1.29, 1.82) is 0 Å². The SMILES string of the molecule is O=C(CCBr)c1cc(S)cc(C(O)C(=O)O)c1. The summed E-state index contributed by atoms with van der Waals surface area (Å²) in [6.07, 6.45) is -1.34. The number of Topliss-reactive ketones (excluding diaryl/α,β-unsaturated/α-hetero) is 1. The van der Waals surface area contributed by atoms with Crippen LogP contribution in [0.3, 0.4) is 0 Å². The molecular weight excluding hydrogens is 308 g/mol. The van der Waals surface area contributed by atoms with Crippen LogP contribution in [0.25, 0.3) is 0 Å². The Hall–Kier alpha value is -0.850. The molecule has 0 fully saturated rings. The number of rotatable bonds is 5. The Morgan fingerprint density at radius 3 is 2.53 bits per heavy atom. The summed E-state index contributed by atoms with van der Waals surface area (Å²) in [5.41, 5.74) is 0.509. The van der Waals surface area contributed by atoms with E-state index in [4.69, 9.17) is 5.11 Å². The number of alkyl halides is 1. The molecule has 0 aliphatic carbocycles. The van der Waals surface area contributed by atoms with Gasteiger partial charge in [0.15, 0.2) is 11.9 Å². The van der Waals surface area contributed by atoms with Crippen LogP contribution in [0.15, 0.2) is 23.1 Å². The van der Waals surface area contributed by atoms with Crippen LogP contribution < -0.4 is 0 Å². The lowest BCUT2D eigenvalue weighted by molar-refractivity contribution is -0.146. The van der Waals surface area contributed by atoms with E-state index in [1.165, 1.54) is 12.1 Å². The largest absolute Gasteiger partial charge is 0.479 e. The van der Waals surface area contributed by atoms with E-state index >= 15 is 0 Å². The van der Waals surface area contributed by atoms with Gasteiger partial charge in [0.2, 0.25) is 0 Å². The summed E-state index contributed by atoms with van der Waals surface area (Å²) in [7, 11) is 0. The molecule has 6 heteroatoms. The van der Waals surface area contributed by atoms with Gasteiger partial charge >= 0.3 is 5.97 Å². The first-order valence-electron chi connectivity index (χ1n) is 4.79. The first kappa shape index (κ1) is 14.2. The van der Waals surface area contributed by atoms with E-state index in [1.807, 2.05) is 0 Å². The zero-order valence-electron chi connectivity index (χ0n) is 8.76. The molecule has 92 valence electrons. The molecule has 1 atom stereocenters. The average molecular weight is 319 g/mol. The Morgan fingerprint density at radius 2 is 2.00 bits per heavy atom. The number of benzene rings is 1.